The van der Waals surface area contributed by atoms with Gasteiger partial charge in [0.15, 0.2) is 0 Å². The normalized spacial score (nSPS) is 20.2. The molecule has 2 aliphatic heterocycles. The maximum Gasteiger partial charge on any atom is 0.243 e. The number of rotatable bonds is 4. The number of piperidine rings is 1. The van der Waals surface area contributed by atoms with Crippen LogP contribution in [0.1, 0.15) is 25.7 Å². The highest BCUT2D eigenvalue weighted by Crippen LogP contribution is 2.27. The SMILES string of the molecule is NC(=O)C1CCN(S(=O)(=O)c2ccc(N3C(=O)CCC3=O)cc2)CC1. The molecule has 3 rings (SSSR count). The Morgan fingerprint density at radius 3 is 2.00 bits per heavy atom. The van der Waals surface area contributed by atoms with Gasteiger partial charge in [-0.05, 0) is 37.1 Å². The van der Waals surface area contributed by atoms with E-state index in [1.807, 2.05) is 0 Å². The minimum Gasteiger partial charge on any atom is -0.369 e. The fourth-order valence-electron chi connectivity index (χ4n) is 3.16. The minimum absolute atomic E-state index is 0.0906. The van der Waals surface area contributed by atoms with E-state index >= 15 is 0 Å². The number of nitrogens with two attached hydrogens (primary N) is 1. The molecule has 2 saturated heterocycles. The van der Waals surface area contributed by atoms with Crippen molar-refractivity contribution in [1.82, 2.24) is 4.31 Å². The lowest BCUT2D eigenvalue weighted by molar-refractivity contribution is -0.123. The van der Waals surface area contributed by atoms with Crippen molar-refractivity contribution in [3.05, 3.63) is 24.3 Å². The Morgan fingerprint density at radius 1 is 1.00 bits per heavy atom. The predicted octanol–water partition coefficient (Wildman–Crippen LogP) is 0.226. The largest absolute Gasteiger partial charge is 0.369 e. The number of carbonyl (C=O) groups excluding carboxylic acids is 3. The Hall–Kier alpha value is -2.26. The lowest BCUT2D eigenvalue weighted by Gasteiger charge is -2.29. The molecule has 3 amide bonds. The molecule has 2 aliphatic rings. The first-order valence-electron chi connectivity index (χ1n) is 8.06. The Morgan fingerprint density at radius 2 is 1.52 bits per heavy atom. The Labute approximate surface area is 145 Å². The number of hydrogen-bond donors (Lipinski definition) is 1. The number of amides is 3. The summed E-state index contributed by atoms with van der Waals surface area (Å²) in [6, 6.07) is 5.71. The molecular formula is C16H19N3O5S. The van der Waals surface area contributed by atoms with Crippen molar-refractivity contribution in [2.24, 2.45) is 11.7 Å². The second-order valence-corrected chi connectivity index (χ2v) is 8.14. The van der Waals surface area contributed by atoms with Gasteiger partial charge >= 0.3 is 0 Å². The molecule has 2 fully saturated rings. The lowest BCUT2D eigenvalue weighted by Crippen LogP contribution is -2.41. The molecule has 0 saturated carbocycles. The van der Waals surface area contributed by atoms with Crippen molar-refractivity contribution in [3.8, 4) is 0 Å². The summed E-state index contributed by atoms with van der Waals surface area (Å²) in [4.78, 5) is 35.8. The molecule has 1 aromatic carbocycles. The van der Waals surface area contributed by atoms with Crippen LogP contribution >= 0.6 is 0 Å². The van der Waals surface area contributed by atoms with E-state index in [4.69, 9.17) is 5.73 Å². The number of anilines is 1. The molecule has 0 aromatic heterocycles. The van der Waals surface area contributed by atoms with Crippen molar-refractivity contribution in [3.63, 3.8) is 0 Å². The first-order chi connectivity index (χ1) is 11.8. The summed E-state index contributed by atoms with van der Waals surface area (Å²) >= 11 is 0. The molecule has 25 heavy (non-hydrogen) atoms. The first-order valence-corrected chi connectivity index (χ1v) is 9.50. The molecule has 0 spiro atoms. The highest BCUT2D eigenvalue weighted by atomic mass is 32.2. The number of sulfonamides is 1. The average molecular weight is 365 g/mol. The van der Waals surface area contributed by atoms with Crippen molar-refractivity contribution in [1.29, 1.82) is 0 Å². The second-order valence-electron chi connectivity index (χ2n) is 6.20. The van der Waals surface area contributed by atoms with Crippen LogP contribution in [0.25, 0.3) is 0 Å². The van der Waals surface area contributed by atoms with Crippen LogP contribution in [0.5, 0.6) is 0 Å². The zero-order valence-corrected chi connectivity index (χ0v) is 14.4. The third-order valence-corrected chi connectivity index (χ3v) is 6.55. The summed E-state index contributed by atoms with van der Waals surface area (Å²) in [5, 5.41) is 0. The van der Waals surface area contributed by atoms with Crippen LogP contribution in [0.3, 0.4) is 0 Å². The summed E-state index contributed by atoms with van der Waals surface area (Å²) in [6.07, 6.45) is 1.16. The molecular weight excluding hydrogens is 346 g/mol. The summed E-state index contributed by atoms with van der Waals surface area (Å²) < 4.78 is 26.7. The average Bonchev–Trinajstić information content (AvgIpc) is 2.93. The quantitative estimate of drug-likeness (QED) is 0.766. The number of nitrogens with zero attached hydrogens (tertiary/aromatic N) is 2. The smallest absolute Gasteiger partial charge is 0.243 e. The summed E-state index contributed by atoms with van der Waals surface area (Å²) in [7, 11) is -3.69. The monoisotopic (exact) mass is 365 g/mol. The number of benzene rings is 1. The minimum atomic E-state index is -3.69. The third-order valence-electron chi connectivity index (χ3n) is 4.64. The topological polar surface area (TPSA) is 118 Å². The van der Waals surface area contributed by atoms with Crippen molar-refractivity contribution >= 4 is 33.4 Å². The summed E-state index contributed by atoms with van der Waals surface area (Å²) in [5.41, 5.74) is 5.64. The van der Waals surface area contributed by atoms with E-state index in [2.05, 4.69) is 0 Å². The zero-order chi connectivity index (χ0) is 18.2. The molecule has 0 unspecified atom stereocenters. The Bertz CT molecular complexity index is 795. The van der Waals surface area contributed by atoms with Gasteiger partial charge in [-0.2, -0.15) is 4.31 Å². The van der Waals surface area contributed by atoms with Crippen LogP contribution in [0, 0.1) is 5.92 Å². The van der Waals surface area contributed by atoms with Gasteiger partial charge in [-0.15, -0.1) is 0 Å². The first kappa shape index (κ1) is 17.6. The standard InChI is InChI=1S/C16H19N3O5S/c17-16(22)11-7-9-18(10-8-11)25(23,24)13-3-1-12(2-4-13)19-14(20)5-6-15(19)21/h1-4,11H,5-10H2,(H2,17,22). The van der Waals surface area contributed by atoms with Gasteiger partial charge in [0.1, 0.15) is 0 Å². The van der Waals surface area contributed by atoms with E-state index in [0.29, 0.717) is 18.5 Å². The van der Waals surface area contributed by atoms with Gasteiger partial charge in [0.2, 0.25) is 27.7 Å². The third kappa shape index (κ3) is 3.29. The molecule has 134 valence electrons. The predicted molar refractivity (Wildman–Crippen MR) is 88.8 cm³/mol. The molecule has 2 N–H and O–H groups in total. The van der Waals surface area contributed by atoms with Crippen LogP contribution < -0.4 is 10.6 Å². The van der Waals surface area contributed by atoms with Gasteiger partial charge in [0, 0.05) is 31.8 Å². The Balaban J connectivity index is 1.76. The number of carbonyl (C=O) groups is 3. The maximum absolute atomic E-state index is 12.7. The van der Waals surface area contributed by atoms with E-state index in [1.54, 1.807) is 0 Å². The molecule has 0 radical (unpaired) electrons. The molecule has 9 heteroatoms. The highest BCUT2D eigenvalue weighted by Gasteiger charge is 2.33. The van der Waals surface area contributed by atoms with E-state index in [9.17, 15) is 22.8 Å². The van der Waals surface area contributed by atoms with Crippen LogP contribution in [-0.2, 0) is 24.4 Å². The number of primary amides is 1. The van der Waals surface area contributed by atoms with Crippen LogP contribution in [0.4, 0.5) is 5.69 Å². The van der Waals surface area contributed by atoms with Crippen LogP contribution in [0.2, 0.25) is 0 Å². The van der Waals surface area contributed by atoms with Gasteiger partial charge in [0.25, 0.3) is 0 Å². The van der Waals surface area contributed by atoms with Gasteiger partial charge in [0.05, 0.1) is 10.6 Å². The lowest BCUT2D eigenvalue weighted by atomic mass is 9.98. The maximum atomic E-state index is 12.7. The molecule has 2 heterocycles. The summed E-state index contributed by atoms with van der Waals surface area (Å²) in [5.74, 6) is -1.26. The zero-order valence-electron chi connectivity index (χ0n) is 13.6. The molecule has 0 bridgehead atoms. The highest BCUT2D eigenvalue weighted by molar-refractivity contribution is 7.89. The van der Waals surface area contributed by atoms with Gasteiger partial charge in [-0.25, -0.2) is 8.42 Å². The van der Waals surface area contributed by atoms with E-state index in [0.717, 1.165) is 4.90 Å². The van der Waals surface area contributed by atoms with Crippen molar-refractivity contribution in [2.45, 2.75) is 30.6 Å². The number of hydrogen-bond acceptors (Lipinski definition) is 5. The van der Waals surface area contributed by atoms with E-state index in [-0.39, 0.29) is 48.6 Å². The van der Waals surface area contributed by atoms with Crippen LogP contribution in [-0.4, -0.2) is 43.5 Å². The molecule has 0 aliphatic carbocycles. The molecule has 8 nitrogen and oxygen atoms in total. The van der Waals surface area contributed by atoms with Gasteiger partial charge in [-0.1, -0.05) is 0 Å². The summed E-state index contributed by atoms with van der Waals surface area (Å²) in [6.45, 7) is 0.474. The fourth-order valence-corrected chi connectivity index (χ4v) is 4.63. The van der Waals surface area contributed by atoms with Crippen molar-refractivity contribution in [2.75, 3.05) is 18.0 Å². The van der Waals surface area contributed by atoms with Gasteiger partial charge in [-0.3, -0.25) is 19.3 Å². The fraction of sp³-hybridized carbons (Fsp3) is 0.438. The van der Waals surface area contributed by atoms with E-state index < -0.39 is 15.9 Å². The van der Waals surface area contributed by atoms with Crippen LogP contribution in [0.15, 0.2) is 29.2 Å². The van der Waals surface area contributed by atoms with Gasteiger partial charge < -0.3 is 5.73 Å². The van der Waals surface area contributed by atoms with E-state index in [1.165, 1.54) is 28.6 Å². The molecule has 0 atom stereocenters. The van der Waals surface area contributed by atoms with Crippen molar-refractivity contribution < 1.29 is 22.8 Å². The molecule has 1 aromatic rings. The second kappa shape index (κ2) is 6.57. The number of imide groups is 1. The Kier molecular flexibility index (Phi) is 4.61.